The molecule has 0 aliphatic heterocycles. The zero-order valence-electron chi connectivity index (χ0n) is 14.7. The van der Waals surface area contributed by atoms with E-state index < -0.39 is 0 Å². The summed E-state index contributed by atoms with van der Waals surface area (Å²) in [6.07, 6.45) is 0. The van der Waals surface area contributed by atoms with Gasteiger partial charge >= 0.3 is 0 Å². The number of anilines is 1. The van der Waals surface area contributed by atoms with Crippen LogP contribution in [0.4, 0.5) is 5.13 Å². The number of amides is 1. The van der Waals surface area contributed by atoms with Crippen molar-refractivity contribution in [3.63, 3.8) is 0 Å². The van der Waals surface area contributed by atoms with Crippen molar-refractivity contribution < 1.29 is 9.53 Å². The van der Waals surface area contributed by atoms with Crippen molar-refractivity contribution in [1.29, 1.82) is 0 Å². The lowest BCUT2D eigenvalue weighted by Gasteiger charge is -2.04. The Balaban J connectivity index is 1.84. The molecule has 0 unspecified atom stereocenters. The number of nitrogens with one attached hydrogen (secondary N) is 1. The van der Waals surface area contributed by atoms with E-state index in [0.717, 1.165) is 16.1 Å². The maximum Gasteiger partial charge on any atom is 0.257 e. The minimum absolute atomic E-state index is 0.195. The topological polar surface area (TPSA) is 51.2 Å². The molecule has 1 N–H and O–H groups in total. The monoisotopic (exact) mass is 352 g/mol. The Morgan fingerprint density at radius 1 is 1.08 bits per heavy atom. The summed E-state index contributed by atoms with van der Waals surface area (Å²) < 4.78 is 5.16. The van der Waals surface area contributed by atoms with Crippen LogP contribution in [0.25, 0.3) is 11.3 Å². The molecule has 0 spiro atoms. The summed E-state index contributed by atoms with van der Waals surface area (Å²) in [6.45, 7) is 6.20. The number of rotatable bonds is 4. The standard InChI is InChI=1S/C20H20N2O2S/c1-12-8-9-15(10-13(12)2)18-14(3)25-20(21-18)22-19(23)16-6-5-7-17(11-16)24-4/h5-11H,1-4H3,(H,21,22,23). The van der Waals surface area contributed by atoms with Gasteiger partial charge in [-0.25, -0.2) is 4.98 Å². The fraction of sp³-hybridized carbons (Fsp3) is 0.200. The summed E-state index contributed by atoms with van der Waals surface area (Å²) in [5, 5.41) is 3.48. The second kappa shape index (κ2) is 7.07. The van der Waals surface area contributed by atoms with Gasteiger partial charge in [0.25, 0.3) is 5.91 Å². The molecule has 5 heteroatoms. The van der Waals surface area contributed by atoms with Gasteiger partial charge < -0.3 is 4.74 Å². The van der Waals surface area contributed by atoms with Gasteiger partial charge in [0, 0.05) is 16.0 Å². The largest absolute Gasteiger partial charge is 0.497 e. The molecule has 2 aromatic carbocycles. The Morgan fingerprint density at radius 2 is 1.88 bits per heavy atom. The number of thiazole rings is 1. The molecule has 0 atom stereocenters. The number of benzene rings is 2. The normalized spacial score (nSPS) is 10.6. The Bertz CT molecular complexity index is 931. The van der Waals surface area contributed by atoms with Crippen LogP contribution in [-0.2, 0) is 0 Å². The average Bonchev–Trinajstić information content (AvgIpc) is 2.97. The number of aromatic nitrogens is 1. The van der Waals surface area contributed by atoms with E-state index in [9.17, 15) is 4.79 Å². The third kappa shape index (κ3) is 3.72. The lowest BCUT2D eigenvalue weighted by molar-refractivity contribution is 0.102. The number of nitrogens with zero attached hydrogens (tertiary/aromatic N) is 1. The van der Waals surface area contributed by atoms with Crippen LogP contribution in [0.2, 0.25) is 0 Å². The van der Waals surface area contributed by atoms with Gasteiger partial charge in [-0.1, -0.05) is 18.2 Å². The number of aryl methyl sites for hydroxylation is 3. The first-order valence-electron chi connectivity index (χ1n) is 7.98. The highest BCUT2D eigenvalue weighted by molar-refractivity contribution is 7.16. The summed E-state index contributed by atoms with van der Waals surface area (Å²) in [5.41, 5.74) is 5.00. The Hall–Kier alpha value is -2.66. The third-order valence-corrected chi connectivity index (χ3v) is 5.02. The first kappa shape index (κ1) is 17.2. The van der Waals surface area contributed by atoms with E-state index in [1.165, 1.54) is 22.5 Å². The van der Waals surface area contributed by atoms with Crippen LogP contribution >= 0.6 is 11.3 Å². The highest BCUT2D eigenvalue weighted by Gasteiger charge is 2.14. The van der Waals surface area contributed by atoms with E-state index in [1.807, 2.05) is 13.0 Å². The quantitative estimate of drug-likeness (QED) is 0.719. The van der Waals surface area contributed by atoms with Crippen LogP contribution in [0.3, 0.4) is 0 Å². The first-order valence-corrected chi connectivity index (χ1v) is 8.80. The molecular formula is C20H20N2O2S. The van der Waals surface area contributed by atoms with Gasteiger partial charge in [0.2, 0.25) is 0 Å². The molecule has 25 heavy (non-hydrogen) atoms. The van der Waals surface area contributed by atoms with Gasteiger partial charge in [0.1, 0.15) is 5.75 Å². The van der Waals surface area contributed by atoms with Crippen LogP contribution in [0.5, 0.6) is 5.75 Å². The Labute approximate surface area is 151 Å². The van der Waals surface area contributed by atoms with Gasteiger partial charge in [-0.2, -0.15) is 0 Å². The van der Waals surface area contributed by atoms with E-state index in [-0.39, 0.29) is 5.91 Å². The molecule has 0 saturated carbocycles. The Morgan fingerprint density at radius 3 is 2.60 bits per heavy atom. The van der Waals surface area contributed by atoms with Crippen LogP contribution in [0, 0.1) is 20.8 Å². The summed E-state index contributed by atoms with van der Waals surface area (Å²) >= 11 is 1.48. The van der Waals surface area contributed by atoms with Gasteiger partial charge in [-0.15, -0.1) is 11.3 Å². The van der Waals surface area contributed by atoms with E-state index >= 15 is 0 Å². The second-order valence-corrected chi connectivity index (χ2v) is 7.11. The molecule has 0 aliphatic carbocycles. The summed E-state index contributed by atoms with van der Waals surface area (Å²) in [4.78, 5) is 18.1. The highest BCUT2D eigenvalue weighted by Crippen LogP contribution is 2.31. The predicted molar refractivity (Wildman–Crippen MR) is 103 cm³/mol. The second-order valence-electron chi connectivity index (χ2n) is 5.91. The molecule has 128 valence electrons. The minimum atomic E-state index is -0.195. The third-order valence-electron chi connectivity index (χ3n) is 4.13. The van der Waals surface area contributed by atoms with E-state index in [1.54, 1.807) is 25.3 Å². The lowest BCUT2D eigenvalue weighted by Crippen LogP contribution is -2.11. The van der Waals surface area contributed by atoms with Crippen LogP contribution in [-0.4, -0.2) is 18.0 Å². The van der Waals surface area contributed by atoms with Crippen LogP contribution in [0.15, 0.2) is 42.5 Å². The zero-order chi connectivity index (χ0) is 18.0. The van der Waals surface area contributed by atoms with Crippen molar-refractivity contribution in [2.75, 3.05) is 12.4 Å². The van der Waals surface area contributed by atoms with Crippen molar-refractivity contribution in [1.82, 2.24) is 4.98 Å². The number of carbonyl (C=O) groups is 1. The molecule has 3 rings (SSSR count). The molecular weight excluding hydrogens is 332 g/mol. The molecule has 0 radical (unpaired) electrons. The van der Waals surface area contributed by atoms with E-state index in [2.05, 4.69) is 42.3 Å². The Kier molecular flexibility index (Phi) is 4.86. The van der Waals surface area contributed by atoms with Gasteiger partial charge in [-0.3, -0.25) is 10.1 Å². The molecule has 3 aromatic rings. The van der Waals surface area contributed by atoms with Crippen molar-refractivity contribution in [3.8, 4) is 17.0 Å². The number of carbonyl (C=O) groups excluding carboxylic acids is 1. The van der Waals surface area contributed by atoms with Crippen molar-refractivity contribution in [3.05, 3.63) is 64.0 Å². The zero-order valence-corrected chi connectivity index (χ0v) is 15.5. The molecule has 1 heterocycles. The summed E-state index contributed by atoms with van der Waals surface area (Å²) in [7, 11) is 1.58. The van der Waals surface area contributed by atoms with Crippen molar-refractivity contribution >= 4 is 22.4 Å². The molecule has 0 saturated heterocycles. The van der Waals surface area contributed by atoms with Crippen molar-refractivity contribution in [2.45, 2.75) is 20.8 Å². The van der Waals surface area contributed by atoms with Gasteiger partial charge in [-0.05, 0) is 56.2 Å². The average molecular weight is 352 g/mol. The minimum Gasteiger partial charge on any atom is -0.497 e. The van der Waals surface area contributed by atoms with Crippen LogP contribution < -0.4 is 10.1 Å². The van der Waals surface area contributed by atoms with Crippen LogP contribution in [0.1, 0.15) is 26.4 Å². The van der Waals surface area contributed by atoms with Gasteiger partial charge in [0.05, 0.1) is 12.8 Å². The fourth-order valence-electron chi connectivity index (χ4n) is 2.54. The lowest BCUT2D eigenvalue weighted by atomic mass is 10.0. The van der Waals surface area contributed by atoms with Gasteiger partial charge in [0.15, 0.2) is 5.13 Å². The molecule has 1 aromatic heterocycles. The first-order chi connectivity index (χ1) is 12.0. The maximum absolute atomic E-state index is 12.4. The number of ether oxygens (including phenoxy) is 1. The maximum atomic E-state index is 12.4. The molecule has 4 nitrogen and oxygen atoms in total. The molecule has 0 aliphatic rings. The van der Waals surface area contributed by atoms with E-state index in [4.69, 9.17) is 4.74 Å². The fourth-order valence-corrected chi connectivity index (χ4v) is 3.37. The molecule has 1 amide bonds. The highest BCUT2D eigenvalue weighted by atomic mass is 32.1. The molecule has 0 bridgehead atoms. The number of methoxy groups -OCH3 is 1. The smallest absolute Gasteiger partial charge is 0.257 e. The van der Waals surface area contributed by atoms with Crippen molar-refractivity contribution in [2.24, 2.45) is 0 Å². The summed E-state index contributed by atoms with van der Waals surface area (Å²) in [5.74, 6) is 0.457. The summed E-state index contributed by atoms with van der Waals surface area (Å²) in [6, 6.07) is 13.4. The van der Waals surface area contributed by atoms with E-state index in [0.29, 0.717) is 16.4 Å². The number of hydrogen-bond acceptors (Lipinski definition) is 4. The molecule has 0 fully saturated rings. The number of hydrogen-bond donors (Lipinski definition) is 1. The predicted octanol–water partition coefficient (Wildman–Crippen LogP) is 5.00. The SMILES string of the molecule is COc1cccc(C(=O)Nc2nc(-c3ccc(C)c(C)c3)c(C)s2)c1.